The minimum Gasteiger partial charge on any atom is -0.469 e. The van der Waals surface area contributed by atoms with Crippen LogP contribution in [0, 0.1) is 34.8 Å². The van der Waals surface area contributed by atoms with E-state index in [-0.39, 0.29) is 29.3 Å². The summed E-state index contributed by atoms with van der Waals surface area (Å²) < 4.78 is 73.0. The Bertz CT molecular complexity index is 741. The molecule has 0 spiro atoms. The Balaban J connectivity index is 1.78. The monoisotopic (exact) mass is 374 g/mol. The van der Waals surface area contributed by atoms with Crippen molar-refractivity contribution in [1.29, 1.82) is 0 Å². The van der Waals surface area contributed by atoms with Gasteiger partial charge in [0.1, 0.15) is 0 Å². The standard InChI is InChI=1S/C19H19F5O2/c1-26-17(25)18-6-9-4-10(7-18)14(11(5-9)8-18)12-2-3-13(20)16(21)15(12)19(22,23)24/h2-3,9-11,14H,4-8H2,1H3. The van der Waals surface area contributed by atoms with Crippen LogP contribution < -0.4 is 0 Å². The van der Waals surface area contributed by atoms with Gasteiger partial charge in [-0.1, -0.05) is 6.07 Å². The molecule has 1 aromatic rings. The van der Waals surface area contributed by atoms with Crippen LogP contribution >= 0.6 is 0 Å². The van der Waals surface area contributed by atoms with E-state index in [0.29, 0.717) is 19.3 Å². The summed E-state index contributed by atoms with van der Waals surface area (Å²) in [5.74, 6) is -4.13. The third-order valence-corrected chi connectivity index (χ3v) is 6.66. The molecule has 2 unspecified atom stereocenters. The van der Waals surface area contributed by atoms with Gasteiger partial charge < -0.3 is 4.74 Å². The Morgan fingerprint density at radius 2 is 1.73 bits per heavy atom. The van der Waals surface area contributed by atoms with E-state index in [1.165, 1.54) is 7.11 Å². The summed E-state index contributed by atoms with van der Waals surface area (Å²) in [7, 11) is 1.33. The quantitative estimate of drug-likeness (QED) is 0.534. The Morgan fingerprint density at radius 1 is 1.12 bits per heavy atom. The first-order chi connectivity index (χ1) is 12.2. The molecule has 142 valence electrons. The van der Waals surface area contributed by atoms with Crippen molar-refractivity contribution in [3.8, 4) is 0 Å². The maximum atomic E-state index is 14.1. The number of carbonyl (C=O) groups excluding carboxylic acids is 1. The second-order valence-electron chi connectivity index (χ2n) is 8.09. The van der Waals surface area contributed by atoms with Gasteiger partial charge in [0.05, 0.1) is 18.1 Å². The highest BCUT2D eigenvalue weighted by atomic mass is 19.4. The molecule has 0 radical (unpaired) electrons. The lowest BCUT2D eigenvalue weighted by molar-refractivity contribution is -0.171. The van der Waals surface area contributed by atoms with Crippen LogP contribution in [0.15, 0.2) is 12.1 Å². The van der Waals surface area contributed by atoms with Crippen molar-refractivity contribution in [1.82, 2.24) is 0 Å². The van der Waals surface area contributed by atoms with E-state index in [1.807, 2.05) is 0 Å². The molecule has 26 heavy (non-hydrogen) atoms. The Morgan fingerprint density at radius 3 is 2.27 bits per heavy atom. The van der Waals surface area contributed by atoms with Gasteiger partial charge in [0.15, 0.2) is 11.6 Å². The van der Waals surface area contributed by atoms with Crippen LogP contribution in [0.3, 0.4) is 0 Å². The Labute approximate surface area is 147 Å². The van der Waals surface area contributed by atoms with Crippen molar-refractivity contribution in [3.05, 3.63) is 34.9 Å². The van der Waals surface area contributed by atoms with Crippen molar-refractivity contribution in [3.63, 3.8) is 0 Å². The molecule has 4 saturated carbocycles. The Hall–Kier alpha value is -1.66. The van der Waals surface area contributed by atoms with Gasteiger partial charge in [-0.3, -0.25) is 4.79 Å². The zero-order valence-corrected chi connectivity index (χ0v) is 14.2. The van der Waals surface area contributed by atoms with Gasteiger partial charge >= 0.3 is 12.1 Å². The molecule has 4 aliphatic rings. The van der Waals surface area contributed by atoms with E-state index in [0.717, 1.165) is 25.0 Å². The van der Waals surface area contributed by atoms with Crippen molar-refractivity contribution < 1.29 is 31.5 Å². The van der Waals surface area contributed by atoms with Crippen LogP contribution in [-0.4, -0.2) is 13.1 Å². The van der Waals surface area contributed by atoms with Gasteiger partial charge in [-0.25, -0.2) is 8.78 Å². The number of rotatable bonds is 2. The van der Waals surface area contributed by atoms with E-state index in [1.54, 1.807) is 0 Å². The zero-order valence-electron chi connectivity index (χ0n) is 14.2. The number of carbonyl (C=O) groups is 1. The van der Waals surface area contributed by atoms with Gasteiger partial charge in [0.2, 0.25) is 0 Å². The molecule has 0 aromatic heterocycles. The Kier molecular flexibility index (Phi) is 3.87. The highest BCUT2D eigenvalue weighted by Gasteiger charge is 2.60. The fourth-order valence-corrected chi connectivity index (χ4v) is 6.13. The van der Waals surface area contributed by atoms with Crippen molar-refractivity contribution >= 4 is 5.97 Å². The second-order valence-corrected chi connectivity index (χ2v) is 8.09. The minimum absolute atomic E-state index is 0.147. The first kappa shape index (κ1) is 17.7. The molecule has 4 fully saturated rings. The molecular weight excluding hydrogens is 355 g/mol. The third kappa shape index (κ3) is 2.46. The smallest absolute Gasteiger partial charge is 0.419 e. The molecule has 4 bridgehead atoms. The van der Waals surface area contributed by atoms with Crippen LogP contribution in [-0.2, 0) is 15.7 Å². The molecule has 0 saturated heterocycles. The summed E-state index contributed by atoms with van der Waals surface area (Å²) in [6.45, 7) is 0. The lowest BCUT2D eigenvalue weighted by Crippen LogP contribution is -2.53. The lowest BCUT2D eigenvalue weighted by atomic mass is 9.45. The molecular formula is C19H19F5O2. The van der Waals surface area contributed by atoms with E-state index in [9.17, 15) is 26.7 Å². The van der Waals surface area contributed by atoms with Crippen molar-refractivity contribution in [2.24, 2.45) is 23.2 Å². The first-order valence-corrected chi connectivity index (χ1v) is 8.80. The minimum atomic E-state index is -4.96. The molecule has 4 aliphatic carbocycles. The molecule has 5 rings (SSSR count). The summed E-state index contributed by atoms with van der Waals surface area (Å²) in [6, 6.07) is 1.86. The predicted molar refractivity (Wildman–Crippen MR) is 82.1 cm³/mol. The zero-order chi connectivity index (χ0) is 18.9. The summed E-state index contributed by atoms with van der Waals surface area (Å²) in [5, 5.41) is 0. The molecule has 0 N–H and O–H groups in total. The molecule has 2 atom stereocenters. The molecule has 0 aliphatic heterocycles. The van der Waals surface area contributed by atoms with Gasteiger partial charge in [0.25, 0.3) is 0 Å². The molecule has 0 amide bonds. The van der Waals surface area contributed by atoms with Crippen molar-refractivity contribution in [2.45, 2.75) is 44.2 Å². The fraction of sp³-hybridized carbons (Fsp3) is 0.632. The lowest BCUT2D eigenvalue weighted by Gasteiger charge is -2.59. The van der Waals surface area contributed by atoms with Gasteiger partial charge in [-0.15, -0.1) is 0 Å². The van der Waals surface area contributed by atoms with E-state index >= 15 is 0 Å². The van der Waals surface area contributed by atoms with Crippen LogP contribution in [0.1, 0.15) is 49.1 Å². The van der Waals surface area contributed by atoms with Crippen LogP contribution in [0.2, 0.25) is 0 Å². The molecule has 0 heterocycles. The van der Waals surface area contributed by atoms with Gasteiger partial charge in [-0.2, -0.15) is 13.2 Å². The van der Waals surface area contributed by atoms with Crippen LogP contribution in [0.5, 0.6) is 0 Å². The number of hydrogen-bond donors (Lipinski definition) is 0. The average Bonchev–Trinajstić information content (AvgIpc) is 2.55. The fourth-order valence-electron chi connectivity index (χ4n) is 6.13. The van der Waals surface area contributed by atoms with Crippen molar-refractivity contribution in [2.75, 3.05) is 7.11 Å². The number of ether oxygens (including phenoxy) is 1. The molecule has 7 heteroatoms. The van der Waals surface area contributed by atoms with Gasteiger partial charge in [0, 0.05) is 0 Å². The van der Waals surface area contributed by atoms with E-state index in [2.05, 4.69) is 0 Å². The van der Waals surface area contributed by atoms with E-state index in [4.69, 9.17) is 4.74 Å². The maximum Gasteiger partial charge on any atom is 0.419 e. The highest BCUT2D eigenvalue weighted by molar-refractivity contribution is 5.77. The number of benzene rings is 1. The van der Waals surface area contributed by atoms with Crippen LogP contribution in [0.25, 0.3) is 0 Å². The summed E-state index contributed by atoms with van der Waals surface area (Å²) in [5.41, 5.74) is -2.27. The normalized spacial score (nSPS) is 35.6. The van der Waals surface area contributed by atoms with E-state index < -0.39 is 34.7 Å². The third-order valence-electron chi connectivity index (χ3n) is 6.66. The molecule has 2 nitrogen and oxygen atoms in total. The summed E-state index contributed by atoms with van der Waals surface area (Å²) in [6.07, 6.45) is -1.91. The number of hydrogen-bond acceptors (Lipinski definition) is 2. The maximum absolute atomic E-state index is 14.1. The summed E-state index contributed by atoms with van der Waals surface area (Å²) >= 11 is 0. The average molecular weight is 374 g/mol. The number of alkyl halides is 3. The largest absolute Gasteiger partial charge is 0.469 e. The molecule has 1 aromatic carbocycles. The second kappa shape index (κ2) is 5.67. The number of methoxy groups -OCH3 is 1. The summed E-state index contributed by atoms with van der Waals surface area (Å²) in [4.78, 5) is 12.3. The van der Waals surface area contributed by atoms with Crippen LogP contribution in [0.4, 0.5) is 22.0 Å². The topological polar surface area (TPSA) is 26.3 Å². The van der Waals surface area contributed by atoms with Gasteiger partial charge in [-0.05, 0) is 67.4 Å². The number of esters is 1. The number of halogens is 5. The SMILES string of the molecule is COC(=O)C12CC3CC(C1)C(c1ccc(F)c(F)c1C(F)(F)F)C(C3)C2. The predicted octanol–water partition coefficient (Wildman–Crippen LogP) is 5.07. The first-order valence-electron chi connectivity index (χ1n) is 8.80. The highest BCUT2D eigenvalue weighted by Crippen LogP contribution is 2.65.